The van der Waals surface area contributed by atoms with Gasteiger partial charge in [-0.25, -0.2) is 8.42 Å². The molecule has 8 nitrogen and oxygen atoms in total. The summed E-state index contributed by atoms with van der Waals surface area (Å²) in [5.74, 6) is 0.637. The van der Waals surface area contributed by atoms with Gasteiger partial charge < -0.3 is 9.84 Å². The van der Waals surface area contributed by atoms with E-state index in [0.717, 1.165) is 24.1 Å². The Labute approximate surface area is 209 Å². The summed E-state index contributed by atoms with van der Waals surface area (Å²) in [5, 5.41) is 6.93. The maximum Gasteiger partial charge on any atom is 0.276 e. The highest BCUT2D eigenvalue weighted by atomic mass is 32.2. The van der Waals surface area contributed by atoms with Crippen molar-refractivity contribution in [3.8, 4) is 23.0 Å². The van der Waals surface area contributed by atoms with Gasteiger partial charge in [0.05, 0.1) is 10.6 Å². The van der Waals surface area contributed by atoms with Crippen LogP contribution >= 0.6 is 0 Å². The van der Waals surface area contributed by atoms with Crippen molar-refractivity contribution >= 4 is 21.4 Å². The second-order valence-electron chi connectivity index (χ2n) is 9.30. The van der Waals surface area contributed by atoms with Crippen molar-refractivity contribution in [2.75, 3.05) is 11.1 Å². The molecule has 1 aliphatic carbocycles. The molecule has 0 unspecified atom stereocenters. The van der Waals surface area contributed by atoms with Crippen LogP contribution in [0.4, 0.5) is 5.69 Å². The van der Waals surface area contributed by atoms with E-state index in [4.69, 9.17) is 4.52 Å². The lowest BCUT2D eigenvalue weighted by molar-refractivity contribution is -0.120. The predicted octanol–water partition coefficient (Wildman–Crippen LogP) is 4.94. The first-order valence-electron chi connectivity index (χ1n) is 11.8. The minimum Gasteiger partial charge on any atom is -0.332 e. The Morgan fingerprint density at radius 2 is 1.86 bits per heavy atom. The summed E-state index contributed by atoms with van der Waals surface area (Å²) < 4.78 is 31.3. The molecular formula is C27H26N4O4S. The van der Waals surface area contributed by atoms with E-state index in [1.165, 1.54) is 0 Å². The number of aromatic nitrogens is 3. The van der Waals surface area contributed by atoms with Crippen LogP contribution in [-0.4, -0.2) is 35.2 Å². The molecular weight excluding hydrogens is 476 g/mol. The van der Waals surface area contributed by atoms with Crippen LogP contribution in [0.2, 0.25) is 0 Å². The predicted molar refractivity (Wildman–Crippen MR) is 136 cm³/mol. The van der Waals surface area contributed by atoms with E-state index in [1.54, 1.807) is 42.6 Å². The molecule has 0 saturated heterocycles. The van der Waals surface area contributed by atoms with Gasteiger partial charge in [0, 0.05) is 22.9 Å². The molecule has 0 atom stereocenters. The van der Waals surface area contributed by atoms with Crippen LogP contribution < -0.4 is 5.32 Å². The third kappa shape index (κ3) is 5.36. The fourth-order valence-corrected chi connectivity index (χ4v) is 5.15. The van der Waals surface area contributed by atoms with Gasteiger partial charge in [0.1, 0.15) is 5.69 Å². The lowest BCUT2D eigenvalue weighted by atomic mass is 10.1. The van der Waals surface area contributed by atoms with Crippen LogP contribution in [0, 0.1) is 5.41 Å². The molecule has 0 bridgehead atoms. The van der Waals surface area contributed by atoms with Crippen LogP contribution in [0.15, 0.2) is 82.3 Å². The monoisotopic (exact) mass is 502 g/mol. The van der Waals surface area contributed by atoms with Crippen molar-refractivity contribution in [1.82, 2.24) is 15.1 Å². The molecule has 5 rings (SSSR count). The molecule has 4 aromatic rings. The summed E-state index contributed by atoms with van der Waals surface area (Å²) in [6, 6.07) is 19.5. The van der Waals surface area contributed by atoms with Gasteiger partial charge in [0.25, 0.3) is 5.89 Å². The van der Waals surface area contributed by atoms with E-state index in [-0.39, 0.29) is 27.9 Å². The van der Waals surface area contributed by atoms with Gasteiger partial charge in [-0.2, -0.15) is 4.98 Å². The molecule has 2 aromatic carbocycles. The molecule has 1 amide bonds. The van der Waals surface area contributed by atoms with E-state index >= 15 is 0 Å². The van der Waals surface area contributed by atoms with E-state index in [1.807, 2.05) is 37.3 Å². The molecule has 184 valence electrons. The number of amides is 1. The molecule has 36 heavy (non-hydrogen) atoms. The van der Waals surface area contributed by atoms with Crippen molar-refractivity contribution in [2.45, 2.75) is 37.5 Å². The van der Waals surface area contributed by atoms with Crippen molar-refractivity contribution in [2.24, 2.45) is 5.41 Å². The largest absolute Gasteiger partial charge is 0.332 e. The Kier molecular flexibility index (Phi) is 6.40. The SMILES string of the molecule is CC1(C(=O)Nc2ccc(CCCS(=O)(=O)c3cccc(-c4noc(-c5ccccn5)n4)c3)cc2)CC1. The zero-order valence-corrected chi connectivity index (χ0v) is 20.7. The Morgan fingerprint density at radius 1 is 1.06 bits per heavy atom. The summed E-state index contributed by atoms with van der Waals surface area (Å²) in [7, 11) is -3.50. The summed E-state index contributed by atoms with van der Waals surface area (Å²) in [5.41, 5.74) is 2.65. The topological polar surface area (TPSA) is 115 Å². The Morgan fingerprint density at radius 3 is 2.58 bits per heavy atom. The second-order valence-corrected chi connectivity index (χ2v) is 11.4. The first-order valence-corrected chi connectivity index (χ1v) is 13.5. The maximum atomic E-state index is 13.0. The summed E-state index contributed by atoms with van der Waals surface area (Å²) in [4.78, 5) is 21.0. The first-order chi connectivity index (χ1) is 17.3. The second kappa shape index (κ2) is 9.66. The molecule has 2 heterocycles. The van der Waals surface area contributed by atoms with Crippen molar-refractivity contribution in [1.29, 1.82) is 0 Å². The molecule has 1 aliphatic rings. The number of anilines is 1. The number of pyridine rings is 1. The van der Waals surface area contributed by atoms with Crippen LogP contribution in [0.3, 0.4) is 0 Å². The highest BCUT2D eigenvalue weighted by Gasteiger charge is 2.44. The van der Waals surface area contributed by atoms with Gasteiger partial charge in [-0.3, -0.25) is 9.78 Å². The fourth-order valence-electron chi connectivity index (χ4n) is 3.80. The number of rotatable bonds is 9. The number of hydrogen-bond donors (Lipinski definition) is 1. The number of nitrogens with one attached hydrogen (secondary N) is 1. The van der Waals surface area contributed by atoms with Gasteiger partial charge in [0.15, 0.2) is 9.84 Å². The minimum atomic E-state index is -3.50. The third-order valence-electron chi connectivity index (χ3n) is 6.40. The van der Waals surface area contributed by atoms with Crippen molar-refractivity contribution in [3.05, 3.63) is 78.5 Å². The summed E-state index contributed by atoms with van der Waals surface area (Å²) in [6.07, 6.45) is 4.57. The van der Waals surface area contributed by atoms with Crippen LogP contribution in [-0.2, 0) is 21.1 Å². The number of benzene rings is 2. The van der Waals surface area contributed by atoms with E-state index in [9.17, 15) is 13.2 Å². The van der Waals surface area contributed by atoms with Crippen LogP contribution in [0.1, 0.15) is 31.7 Å². The van der Waals surface area contributed by atoms with E-state index in [2.05, 4.69) is 20.4 Å². The van der Waals surface area contributed by atoms with Gasteiger partial charge >= 0.3 is 0 Å². The van der Waals surface area contributed by atoms with Crippen molar-refractivity contribution in [3.63, 3.8) is 0 Å². The molecule has 1 fully saturated rings. The molecule has 1 N–H and O–H groups in total. The minimum absolute atomic E-state index is 0.0126. The van der Waals surface area contributed by atoms with Crippen LogP contribution in [0.25, 0.3) is 23.0 Å². The van der Waals surface area contributed by atoms with Gasteiger partial charge in [-0.05, 0) is 67.6 Å². The molecule has 9 heteroatoms. The zero-order valence-electron chi connectivity index (χ0n) is 19.8. The van der Waals surface area contributed by atoms with Gasteiger partial charge in [-0.15, -0.1) is 0 Å². The number of carbonyl (C=O) groups excluding carboxylic acids is 1. The standard InChI is InChI=1S/C27H26N4O4S/c1-27(14-15-27)26(32)29-21-12-10-19(11-13-21)6-5-17-36(33,34)22-8-4-7-20(18-22)24-30-25(35-31-24)23-9-2-3-16-28-23/h2-4,7-13,16,18H,5-6,14-15,17H2,1H3,(H,29,32). The molecule has 1 saturated carbocycles. The zero-order chi connectivity index (χ0) is 25.2. The summed E-state index contributed by atoms with van der Waals surface area (Å²) in [6.45, 7) is 1.97. The molecule has 0 spiro atoms. The molecule has 0 aliphatic heterocycles. The quantitative estimate of drug-likeness (QED) is 0.344. The van der Waals surface area contributed by atoms with Crippen LogP contribution in [0.5, 0.6) is 0 Å². The average Bonchev–Trinajstić information content (AvgIpc) is 3.46. The number of nitrogens with zero attached hydrogens (tertiary/aromatic N) is 3. The normalized spacial score (nSPS) is 14.4. The van der Waals surface area contributed by atoms with E-state index < -0.39 is 9.84 Å². The fraction of sp³-hybridized carbons (Fsp3) is 0.259. The molecule has 2 aromatic heterocycles. The Balaban J connectivity index is 1.20. The number of sulfone groups is 1. The van der Waals surface area contributed by atoms with Gasteiger partial charge in [0.2, 0.25) is 11.7 Å². The Hall–Kier alpha value is -3.85. The maximum absolute atomic E-state index is 13.0. The lowest BCUT2D eigenvalue weighted by Gasteiger charge is -2.10. The number of aryl methyl sites for hydroxylation is 1. The molecule has 0 radical (unpaired) electrons. The van der Waals surface area contributed by atoms with Gasteiger partial charge in [-0.1, -0.05) is 42.4 Å². The van der Waals surface area contributed by atoms with E-state index in [0.29, 0.717) is 29.9 Å². The number of hydrogen-bond acceptors (Lipinski definition) is 7. The average molecular weight is 503 g/mol. The number of carbonyl (C=O) groups is 1. The lowest BCUT2D eigenvalue weighted by Crippen LogP contribution is -2.21. The first kappa shape index (κ1) is 23.9. The van der Waals surface area contributed by atoms with Crippen molar-refractivity contribution < 1.29 is 17.7 Å². The summed E-state index contributed by atoms with van der Waals surface area (Å²) >= 11 is 0. The highest BCUT2D eigenvalue weighted by Crippen LogP contribution is 2.45. The highest BCUT2D eigenvalue weighted by molar-refractivity contribution is 7.91. The third-order valence-corrected chi connectivity index (χ3v) is 8.20. The smallest absolute Gasteiger partial charge is 0.276 e. The Bertz CT molecular complexity index is 1480.